The summed E-state index contributed by atoms with van der Waals surface area (Å²) in [7, 11) is 2.00. The molecule has 2 saturated heterocycles. The van der Waals surface area contributed by atoms with E-state index in [-0.39, 0.29) is 11.8 Å². The zero-order chi connectivity index (χ0) is 20.9. The van der Waals surface area contributed by atoms with Gasteiger partial charge in [0.25, 0.3) is 0 Å². The number of rotatable bonds is 6. The second kappa shape index (κ2) is 9.71. The summed E-state index contributed by atoms with van der Waals surface area (Å²) in [5, 5.41) is 7.46. The van der Waals surface area contributed by atoms with Crippen LogP contribution in [0.5, 0.6) is 0 Å². The van der Waals surface area contributed by atoms with Gasteiger partial charge in [-0.1, -0.05) is 6.07 Å². The summed E-state index contributed by atoms with van der Waals surface area (Å²) < 4.78 is 1.95. The number of hydrogen-bond donors (Lipinski definition) is 1. The van der Waals surface area contributed by atoms with Crippen LogP contribution in [-0.4, -0.2) is 62.7 Å². The normalized spacial score (nSPS) is 21.6. The minimum atomic E-state index is 0.0959. The molecule has 1 N–H and O–H groups in total. The fraction of sp³-hybridized carbons (Fsp3) is 0.609. The summed E-state index contributed by atoms with van der Waals surface area (Å²) in [6.45, 7) is 7.89. The summed E-state index contributed by atoms with van der Waals surface area (Å²) in [6.07, 6.45) is 8.23. The van der Waals surface area contributed by atoms with Crippen LogP contribution in [0, 0.1) is 12.8 Å². The molecule has 4 rings (SSSR count). The molecule has 2 aromatic rings. The number of amides is 1. The van der Waals surface area contributed by atoms with Gasteiger partial charge in [-0.25, -0.2) is 0 Å². The third-order valence-electron chi connectivity index (χ3n) is 6.80. The van der Waals surface area contributed by atoms with Crippen molar-refractivity contribution in [3.05, 3.63) is 47.5 Å². The number of carbonyl (C=O) groups is 1. The molecule has 0 spiro atoms. The molecule has 30 heavy (non-hydrogen) atoms. The first-order valence-electron chi connectivity index (χ1n) is 11.2. The highest BCUT2D eigenvalue weighted by Gasteiger charge is 2.31. The predicted octanol–water partition coefficient (Wildman–Crippen LogP) is 2.12. The van der Waals surface area contributed by atoms with E-state index < -0.39 is 0 Å². The number of nitrogens with one attached hydrogen (secondary N) is 1. The Kier molecular flexibility index (Phi) is 6.79. The van der Waals surface area contributed by atoms with E-state index >= 15 is 0 Å². The molecule has 0 bridgehead atoms. The Morgan fingerprint density at radius 2 is 2.03 bits per heavy atom. The number of nitrogens with zero attached hydrogens (tertiary/aromatic N) is 5. The van der Waals surface area contributed by atoms with E-state index in [4.69, 9.17) is 0 Å². The van der Waals surface area contributed by atoms with E-state index in [1.807, 2.05) is 36.1 Å². The Balaban J connectivity index is 1.24. The molecule has 7 nitrogen and oxygen atoms in total. The average Bonchev–Trinajstić information content (AvgIpc) is 3.11. The first-order valence-corrected chi connectivity index (χ1v) is 11.2. The molecule has 2 aliphatic rings. The molecule has 7 heteroatoms. The number of aryl methyl sites for hydroxylation is 1. The minimum absolute atomic E-state index is 0.0959. The Labute approximate surface area is 179 Å². The van der Waals surface area contributed by atoms with Crippen LogP contribution >= 0.6 is 0 Å². The quantitative estimate of drug-likeness (QED) is 0.790. The van der Waals surface area contributed by atoms with Crippen LogP contribution in [0.1, 0.15) is 42.6 Å². The maximum atomic E-state index is 12.7. The van der Waals surface area contributed by atoms with Gasteiger partial charge in [0.15, 0.2) is 0 Å². The molecule has 1 atom stereocenters. The van der Waals surface area contributed by atoms with E-state index in [1.54, 1.807) is 6.20 Å². The Hall–Kier alpha value is -2.25. The van der Waals surface area contributed by atoms with Crippen molar-refractivity contribution in [1.82, 2.24) is 29.9 Å². The van der Waals surface area contributed by atoms with Gasteiger partial charge in [0.2, 0.25) is 5.91 Å². The van der Waals surface area contributed by atoms with Crippen LogP contribution in [0.3, 0.4) is 0 Å². The number of aromatic nitrogens is 3. The standard InChI is InChI=1S/C23H34N6O/c1-18-20(14-26-27(18)2)16-28-12-8-22(9-13-28)29-11-5-6-19(17-29)23(30)25-15-21-7-3-4-10-24-21/h3-4,7,10,14,19,22H,5-6,8-9,11-13,15-17H2,1-2H3,(H,25,30)/t19-/m1/s1. The smallest absolute Gasteiger partial charge is 0.224 e. The summed E-state index contributed by atoms with van der Waals surface area (Å²) in [5.41, 5.74) is 3.50. The summed E-state index contributed by atoms with van der Waals surface area (Å²) in [5.74, 6) is 0.272. The highest BCUT2D eigenvalue weighted by molar-refractivity contribution is 5.78. The topological polar surface area (TPSA) is 66.3 Å². The molecule has 0 unspecified atom stereocenters. The van der Waals surface area contributed by atoms with Crippen LogP contribution in [0.4, 0.5) is 0 Å². The number of likely N-dealkylation sites (tertiary alicyclic amines) is 2. The lowest BCUT2D eigenvalue weighted by Crippen LogP contribution is -2.50. The molecule has 2 aromatic heterocycles. The van der Waals surface area contributed by atoms with Gasteiger partial charge in [-0.2, -0.15) is 5.10 Å². The van der Waals surface area contributed by atoms with Gasteiger partial charge in [-0.05, 0) is 64.4 Å². The average molecular weight is 411 g/mol. The van der Waals surface area contributed by atoms with Gasteiger partial charge >= 0.3 is 0 Å². The lowest BCUT2D eigenvalue weighted by atomic mass is 9.93. The number of hydrogen-bond acceptors (Lipinski definition) is 5. The number of carbonyl (C=O) groups excluding carboxylic acids is 1. The van der Waals surface area contributed by atoms with Gasteiger partial charge in [-0.3, -0.25) is 24.3 Å². The van der Waals surface area contributed by atoms with Crippen LogP contribution in [0.15, 0.2) is 30.6 Å². The lowest BCUT2D eigenvalue weighted by Gasteiger charge is -2.42. The molecule has 0 aromatic carbocycles. The van der Waals surface area contributed by atoms with E-state index in [1.165, 1.54) is 24.1 Å². The van der Waals surface area contributed by atoms with Crippen LogP contribution in [0.2, 0.25) is 0 Å². The molecular weight excluding hydrogens is 376 g/mol. The van der Waals surface area contributed by atoms with E-state index in [9.17, 15) is 4.79 Å². The first-order chi connectivity index (χ1) is 14.6. The van der Waals surface area contributed by atoms with Gasteiger partial charge in [-0.15, -0.1) is 0 Å². The second-order valence-corrected chi connectivity index (χ2v) is 8.76. The van der Waals surface area contributed by atoms with Gasteiger partial charge in [0.05, 0.1) is 24.4 Å². The molecule has 0 aliphatic carbocycles. The fourth-order valence-corrected chi connectivity index (χ4v) is 4.76. The van der Waals surface area contributed by atoms with Crippen LogP contribution < -0.4 is 5.32 Å². The maximum absolute atomic E-state index is 12.7. The molecule has 4 heterocycles. The Bertz CT molecular complexity index is 827. The van der Waals surface area contributed by atoms with Crippen LogP contribution in [-0.2, 0) is 24.9 Å². The van der Waals surface area contributed by atoms with Crippen molar-refractivity contribution in [3.8, 4) is 0 Å². The largest absolute Gasteiger partial charge is 0.350 e. The molecular formula is C23H34N6O. The molecule has 2 fully saturated rings. The van der Waals surface area contributed by atoms with E-state index in [0.29, 0.717) is 12.6 Å². The SMILES string of the molecule is Cc1c(CN2CCC(N3CCC[C@@H](C(=O)NCc4ccccn4)C3)CC2)cnn1C. The summed E-state index contributed by atoms with van der Waals surface area (Å²) in [4.78, 5) is 22.1. The van der Waals surface area contributed by atoms with Crippen molar-refractivity contribution in [3.63, 3.8) is 0 Å². The molecule has 0 saturated carbocycles. The fourth-order valence-electron chi connectivity index (χ4n) is 4.76. The third-order valence-corrected chi connectivity index (χ3v) is 6.80. The van der Waals surface area contributed by atoms with Crippen molar-refractivity contribution < 1.29 is 4.79 Å². The van der Waals surface area contributed by atoms with E-state index in [2.05, 4.69) is 32.1 Å². The van der Waals surface area contributed by atoms with Crippen molar-refractivity contribution in [2.75, 3.05) is 26.2 Å². The maximum Gasteiger partial charge on any atom is 0.224 e. The Morgan fingerprint density at radius 3 is 2.73 bits per heavy atom. The minimum Gasteiger partial charge on any atom is -0.350 e. The lowest BCUT2D eigenvalue weighted by molar-refractivity contribution is -0.127. The van der Waals surface area contributed by atoms with E-state index in [0.717, 1.165) is 51.3 Å². The van der Waals surface area contributed by atoms with Crippen LogP contribution in [0.25, 0.3) is 0 Å². The van der Waals surface area contributed by atoms with Gasteiger partial charge in [0.1, 0.15) is 0 Å². The monoisotopic (exact) mass is 410 g/mol. The molecule has 0 radical (unpaired) electrons. The molecule has 1 amide bonds. The van der Waals surface area contributed by atoms with Crippen molar-refractivity contribution in [1.29, 1.82) is 0 Å². The Morgan fingerprint density at radius 1 is 1.20 bits per heavy atom. The number of pyridine rings is 1. The van der Waals surface area contributed by atoms with Gasteiger partial charge < -0.3 is 5.32 Å². The zero-order valence-corrected chi connectivity index (χ0v) is 18.3. The van der Waals surface area contributed by atoms with Crippen molar-refractivity contribution in [2.24, 2.45) is 13.0 Å². The zero-order valence-electron chi connectivity index (χ0n) is 18.3. The second-order valence-electron chi connectivity index (χ2n) is 8.76. The highest BCUT2D eigenvalue weighted by atomic mass is 16.1. The first kappa shape index (κ1) is 21.0. The van der Waals surface area contributed by atoms with Crippen molar-refractivity contribution >= 4 is 5.91 Å². The molecule has 2 aliphatic heterocycles. The summed E-state index contributed by atoms with van der Waals surface area (Å²) >= 11 is 0. The van der Waals surface area contributed by atoms with Gasteiger partial charge in [0, 0.05) is 43.6 Å². The molecule has 162 valence electrons. The summed E-state index contributed by atoms with van der Waals surface area (Å²) in [6, 6.07) is 6.41. The van der Waals surface area contributed by atoms with Crippen molar-refractivity contribution in [2.45, 2.75) is 51.7 Å². The highest BCUT2D eigenvalue weighted by Crippen LogP contribution is 2.25. The third kappa shape index (κ3) is 5.08. The number of piperidine rings is 2. The predicted molar refractivity (Wildman–Crippen MR) is 117 cm³/mol.